The second-order valence-electron chi connectivity index (χ2n) is 4.13. The third-order valence-corrected chi connectivity index (χ3v) is 2.79. The van der Waals surface area contributed by atoms with Crippen molar-refractivity contribution < 1.29 is 4.42 Å². The Hall–Kier alpha value is -1.61. The Balaban J connectivity index is 1.97. The molecule has 1 aromatic heterocycles. The molecule has 2 N–H and O–H groups in total. The van der Waals surface area contributed by atoms with Crippen molar-refractivity contribution in [3.63, 3.8) is 0 Å². The normalized spacial score (nSPS) is 10.7. The lowest BCUT2D eigenvalue weighted by molar-refractivity contribution is 0.469. The second-order valence-corrected chi connectivity index (χ2v) is 4.13. The number of hydrogen-bond donors (Lipinski definition) is 1. The van der Waals surface area contributed by atoms with Gasteiger partial charge in [0.1, 0.15) is 5.76 Å². The van der Waals surface area contributed by atoms with Crippen LogP contribution in [0.1, 0.15) is 22.9 Å². The highest BCUT2D eigenvalue weighted by molar-refractivity contribution is 5.16. The van der Waals surface area contributed by atoms with E-state index in [-0.39, 0.29) is 0 Å². The van der Waals surface area contributed by atoms with E-state index in [1.165, 1.54) is 5.56 Å². The third kappa shape index (κ3) is 3.17. The van der Waals surface area contributed by atoms with Crippen molar-refractivity contribution in [3.8, 4) is 0 Å². The average molecular weight is 230 g/mol. The maximum atomic E-state index is 5.62. The van der Waals surface area contributed by atoms with Gasteiger partial charge in [0.15, 0.2) is 5.89 Å². The molecule has 2 aromatic rings. The van der Waals surface area contributed by atoms with Gasteiger partial charge < -0.3 is 10.2 Å². The zero-order chi connectivity index (χ0) is 12.1. The Morgan fingerprint density at radius 3 is 2.59 bits per heavy atom. The number of aryl methyl sites for hydroxylation is 3. The number of benzene rings is 1. The molecule has 1 heterocycles. The molecule has 0 saturated carbocycles. The first-order valence-electron chi connectivity index (χ1n) is 5.99. The zero-order valence-corrected chi connectivity index (χ0v) is 10.1. The maximum Gasteiger partial charge on any atom is 0.194 e. The molecular weight excluding hydrogens is 212 g/mol. The van der Waals surface area contributed by atoms with Crippen LogP contribution in [0.25, 0.3) is 0 Å². The van der Waals surface area contributed by atoms with Crippen LogP contribution in [-0.4, -0.2) is 11.5 Å². The number of aromatic nitrogens is 1. The van der Waals surface area contributed by atoms with E-state index in [1.54, 1.807) is 0 Å². The largest absolute Gasteiger partial charge is 0.446 e. The fraction of sp³-hybridized carbons (Fsp3) is 0.357. The first-order valence-corrected chi connectivity index (χ1v) is 5.99. The summed E-state index contributed by atoms with van der Waals surface area (Å²) in [5.41, 5.74) is 7.83. The molecule has 0 radical (unpaired) electrons. The van der Waals surface area contributed by atoms with Crippen molar-refractivity contribution in [2.75, 3.05) is 6.54 Å². The number of nitrogens with zero attached hydrogens (tertiary/aromatic N) is 1. The minimum absolute atomic E-state index is 0.617. The summed E-state index contributed by atoms with van der Waals surface area (Å²) < 4.78 is 5.62. The van der Waals surface area contributed by atoms with Gasteiger partial charge in [-0.3, -0.25) is 0 Å². The molecule has 90 valence electrons. The van der Waals surface area contributed by atoms with Gasteiger partial charge in [0, 0.05) is 12.8 Å². The fourth-order valence-corrected chi connectivity index (χ4v) is 1.86. The predicted molar refractivity (Wildman–Crippen MR) is 67.8 cm³/mol. The molecule has 1 aromatic carbocycles. The van der Waals surface area contributed by atoms with Crippen LogP contribution in [-0.2, 0) is 19.3 Å². The monoisotopic (exact) mass is 230 g/mol. The van der Waals surface area contributed by atoms with Crippen LogP contribution >= 0.6 is 0 Å². The topological polar surface area (TPSA) is 52.0 Å². The SMILES string of the molecule is Cc1oc(CCc2ccccc2)nc1CCN. The van der Waals surface area contributed by atoms with E-state index in [1.807, 2.05) is 13.0 Å². The van der Waals surface area contributed by atoms with Crippen LogP contribution < -0.4 is 5.73 Å². The fourth-order valence-electron chi connectivity index (χ4n) is 1.86. The first-order chi connectivity index (χ1) is 8.29. The summed E-state index contributed by atoms with van der Waals surface area (Å²) in [6.07, 6.45) is 2.60. The molecule has 2 rings (SSSR count). The van der Waals surface area contributed by atoms with Gasteiger partial charge in [-0.05, 0) is 25.5 Å². The lowest BCUT2D eigenvalue weighted by Gasteiger charge is -1.97. The molecule has 0 aliphatic rings. The van der Waals surface area contributed by atoms with Crippen LogP contribution in [0.15, 0.2) is 34.7 Å². The molecule has 3 nitrogen and oxygen atoms in total. The molecule has 0 spiro atoms. The van der Waals surface area contributed by atoms with Crippen molar-refractivity contribution in [3.05, 3.63) is 53.2 Å². The Kier molecular flexibility index (Phi) is 3.94. The van der Waals surface area contributed by atoms with Crippen LogP contribution in [0.4, 0.5) is 0 Å². The van der Waals surface area contributed by atoms with Crippen LogP contribution in [0.5, 0.6) is 0 Å². The number of oxazole rings is 1. The number of hydrogen-bond acceptors (Lipinski definition) is 3. The van der Waals surface area contributed by atoms with Crippen LogP contribution in [0, 0.1) is 6.92 Å². The second kappa shape index (κ2) is 5.64. The molecule has 0 unspecified atom stereocenters. The van der Waals surface area contributed by atoms with Crippen molar-refractivity contribution in [1.82, 2.24) is 4.98 Å². The summed E-state index contributed by atoms with van der Waals surface area (Å²) in [7, 11) is 0. The van der Waals surface area contributed by atoms with E-state index in [0.29, 0.717) is 6.54 Å². The van der Waals surface area contributed by atoms with Gasteiger partial charge in [0.2, 0.25) is 0 Å². The highest BCUT2D eigenvalue weighted by Gasteiger charge is 2.08. The van der Waals surface area contributed by atoms with Crippen molar-refractivity contribution >= 4 is 0 Å². The average Bonchev–Trinajstić information content (AvgIpc) is 2.70. The minimum Gasteiger partial charge on any atom is -0.446 e. The summed E-state index contributed by atoms with van der Waals surface area (Å²) in [6.45, 7) is 2.56. The Bertz CT molecular complexity index is 462. The Morgan fingerprint density at radius 2 is 1.88 bits per heavy atom. The quantitative estimate of drug-likeness (QED) is 0.857. The summed E-state index contributed by atoms with van der Waals surface area (Å²) >= 11 is 0. The molecule has 0 fully saturated rings. The number of rotatable bonds is 5. The Morgan fingerprint density at radius 1 is 1.12 bits per heavy atom. The van der Waals surface area contributed by atoms with E-state index in [9.17, 15) is 0 Å². The van der Waals surface area contributed by atoms with E-state index < -0.39 is 0 Å². The highest BCUT2D eigenvalue weighted by atomic mass is 16.4. The molecule has 0 amide bonds. The Labute approximate surface area is 102 Å². The molecule has 0 aliphatic carbocycles. The summed E-state index contributed by atoms with van der Waals surface area (Å²) in [4.78, 5) is 4.47. The van der Waals surface area contributed by atoms with E-state index in [4.69, 9.17) is 10.2 Å². The molecule has 3 heteroatoms. The third-order valence-electron chi connectivity index (χ3n) is 2.79. The molecule has 0 bridgehead atoms. The highest BCUT2D eigenvalue weighted by Crippen LogP contribution is 2.12. The lowest BCUT2D eigenvalue weighted by Crippen LogP contribution is -2.04. The van der Waals surface area contributed by atoms with Crippen LogP contribution in [0.2, 0.25) is 0 Å². The van der Waals surface area contributed by atoms with Gasteiger partial charge in [-0.15, -0.1) is 0 Å². The van der Waals surface area contributed by atoms with Gasteiger partial charge >= 0.3 is 0 Å². The maximum absolute atomic E-state index is 5.62. The van der Waals surface area contributed by atoms with Crippen molar-refractivity contribution in [1.29, 1.82) is 0 Å². The lowest BCUT2D eigenvalue weighted by atomic mass is 10.1. The standard InChI is InChI=1S/C14H18N2O/c1-11-13(9-10-15)16-14(17-11)8-7-12-5-3-2-4-6-12/h2-6H,7-10,15H2,1H3. The summed E-state index contributed by atoms with van der Waals surface area (Å²) in [5, 5.41) is 0. The van der Waals surface area contributed by atoms with Gasteiger partial charge in [-0.25, -0.2) is 4.98 Å². The molecule has 0 saturated heterocycles. The van der Waals surface area contributed by atoms with E-state index in [0.717, 1.165) is 36.6 Å². The minimum atomic E-state index is 0.617. The van der Waals surface area contributed by atoms with Crippen LogP contribution in [0.3, 0.4) is 0 Å². The van der Waals surface area contributed by atoms with Crippen molar-refractivity contribution in [2.45, 2.75) is 26.2 Å². The van der Waals surface area contributed by atoms with Gasteiger partial charge in [0.05, 0.1) is 5.69 Å². The molecule has 17 heavy (non-hydrogen) atoms. The molecule has 0 atom stereocenters. The van der Waals surface area contributed by atoms with Gasteiger partial charge in [-0.1, -0.05) is 30.3 Å². The molecule has 0 aliphatic heterocycles. The van der Waals surface area contributed by atoms with E-state index in [2.05, 4.69) is 29.2 Å². The van der Waals surface area contributed by atoms with Gasteiger partial charge in [-0.2, -0.15) is 0 Å². The first kappa shape index (κ1) is 11.9. The smallest absolute Gasteiger partial charge is 0.194 e. The number of nitrogens with two attached hydrogens (primary N) is 1. The molecular formula is C14H18N2O. The summed E-state index contributed by atoms with van der Waals surface area (Å²) in [6, 6.07) is 10.4. The predicted octanol–water partition coefficient (Wildman–Crippen LogP) is 2.27. The van der Waals surface area contributed by atoms with Crippen molar-refractivity contribution in [2.24, 2.45) is 5.73 Å². The zero-order valence-electron chi connectivity index (χ0n) is 10.1. The van der Waals surface area contributed by atoms with E-state index >= 15 is 0 Å². The summed E-state index contributed by atoms with van der Waals surface area (Å²) in [5.74, 6) is 1.72. The van der Waals surface area contributed by atoms with Gasteiger partial charge in [0.25, 0.3) is 0 Å².